The standard InChI is InChI=1S/C24H17BrF2O2/c1-28-23-17(16-9-5-6-10-20(16)26)11-12-18(24(23)29-2)21-15-8-4-3-7-14(15)13-19(25)22(21)27/h3-13H,1-2H3. The minimum Gasteiger partial charge on any atom is -0.492 e. The summed E-state index contributed by atoms with van der Waals surface area (Å²) in [5.41, 5.74) is 1.84. The van der Waals surface area contributed by atoms with Crippen LogP contribution >= 0.6 is 15.9 Å². The molecule has 0 N–H and O–H groups in total. The van der Waals surface area contributed by atoms with Gasteiger partial charge in [0.05, 0.1) is 18.7 Å². The average Bonchev–Trinajstić information content (AvgIpc) is 2.74. The summed E-state index contributed by atoms with van der Waals surface area (Å²) in [4.78, 5) is 0. The molecule has 0 aromatic heterocycles. The van der Waals surface area contributed by atoms with Gasteiger partial charge in [-0.2, -0.15) is 0 Å². The molecular weight excluding hydrogens is 438 g/mol. The van der Waals surface area contributed by atoms with Crippen LogP contribution < -0.4 is 9.47 Å². The maximum Gasteiger partial charge on any atom is 0.169 e. The third kappa shape index (κ3) is 3.25. The van der Waals surface area contributed by atoms with Crippen molar-refractivity contribution in [3.05, 3.63) is 82.8 Å². The highest BCUT2D eigenvalue weighted by Gasteiger charge is 2.23. The molecule has 0 atom stereocenters. The third-order valence-corrected chi connectivity index (χ3v) is 5.47. The molecule has 29 heavy (non-hydrogen) atoms. The van der Waals surface area contributed by atoms with Crippen molar-refractivity contribution in [1.29, 1.82) is 0 Å². The first kappa shape index (κ1) is 19.4. The molecule has 0 heterocycles. The highest BCUT2D eigenvalue weighted by atomic mass is 79.9. The van der Waals surface area contributed by atoms with Gasteiger partial charge in [0.15, 0.2) is 11.5 Å². The first-order chi connectivity index (χ1) is 14.1. The SMILES string of the molecule is COc1c(-c2ccccc2F)ccc(-c2c(F)c(Br)cc3ccccc23)c1OC. The van der Waals surface area contributed by atoms with E-state index >= 15 is 4.39 Å². The predicted octanol–water partition coefficient (Wildman–Crippen LogP) is 7.23. The van der Waals surface area contributed by atoms with Crippen molar-refractivity contribution in [2.75, 3.05) is 14.2 Å². The van der Waals surface area contributed by atoms with Gasteiger partial charge in [-0.3, -0.25) is 0 Å². The van der Waals surface area contributed by atoms with Crippen LogP contribution in [0.4, 0.5) is 8.78 Å². The van der Waals surface area contributed by atoms with Gasteiger partial charge in [-0.15, -0.1) is 0 Å². The van der Waals surface area contributed by atoms with Gasteiger partial charge in [0.25, 0.3) is 0 Å². The lowest BCUT2D eigenvalue weighted by Gasteiger charge is -2.19. The Balaban J connectivity index is 2.06. The van der Waals surface area contributed by atoms with Gasteiger partial charge in [-0.1, -0.05) is 42.5 Å². The Hall–Kier alpha value is -2.92. The zero-order chi connectivity index (χ0) is 20.5. The molecule has 0 saturated carbocycles. The monoisotopic (exact) mass is 454 g/mol. The van der Waals surface area contributed by atoms with E-state index in [-0.39, 0.29) is 5.82 Å². The fourth-order valence-corrected chi connectivity index (χ4v) is 4.05. The fraction of sp³-hybridized carbons (Fsp3) is 0.0833. The topological polar surface area (TPSA) is 18.5 Å². The van der Waals surface area contributed by atoms with Crippen molar-refractivity contribution in [3.63, 3.8) is 0 Å². The maximum atomic E-state index is 15.3. The molecule has 0 fully saturated rings. The summed E-state index contributed by atoms with van der Waals surface area (Å²) in [6.07, 6.45) is 0. The van der Waals surface area contributed by atoms with Crippen LogP contribution in [0, 0.1) is 11.6 Å². The maximum absolute atomic E-state index is 15.3. The number of methoxy groups -OCH3 is 2. The van der Waals surface area contributed by atoms with Crippen LogP contribution in [0.1, 0.15) is 0 Å². The van der Waals surface area contributed by atoms with Crippen molar-refractivity contribution in [3.8, 4) is 33.8 Å². The van der Waals surface area contributed by atoms with Gasteiger partial charge in [0.1, 0.15) is 11.6 Å². The van der Waals surface area contributed by atoms with Gasteiger partial charge in [0.2, 0.25) is 0 Å². The molecule has 0 aliphatic heterocycles. The smallest absolute Gasteiger partial charge is 0.169 e. The van der Waals surface area contributed by atoms with Gasteiger partial charge in [0, 0.05) is 22.3 Å². The normalized spacial score (nSPS) is 10.9. The molecule has 0 radical (unpaired) electrons. The fourth-order valence-electron chi connectivity index (χ4n) is 3.61. The molecule has 4 aromatic rings. The predicted molar refractivity (Wildman–Crippen MR) is 116 cm³/mol. The van der Waals surface area contributed by atoms with E-state index in [0.717, 1.165) is 10.8 Å². The second kappa shape index (κ2) is 7.84. The highest BCUT2D eigenvalue weighted by Crippen LogP contribution is 2.48. The van der Waals surface area contributed by atoms with E-state index in [2.05, 4.69) is 15.9 Å². The molecule has 4 rings (SSSR count). The first-order valence-electron chi connectivity index (χ1n) is 8.93. The summed E-state index contributed by atoms with van der Waals surface area (Å²) in [6, 6.07) is 19.2. The van der Waals surface area contributed by atoms with Gasteiger partial charge in [-0.05, 0) is 51.0 Å². The molecule has 0 spiro atoms. The van der Waals surface area contributed by atoms with Crippen LogP contribution in [0.25, 0.3) is 33.0 Å². The Kier molecular flexibility index (Phi) is 5.24. The van der Waals surface area contributed by atoms with E-state index in [1.165, 1.54) is 20.3 Å². The summed E-state index contributed by atoms with van der Waals surface area (Å²) in [7, 11) is 2.98. The molecule has 0 aliphatic carbocycles. The van der Waals surface area contributed by atoms with E-state index in [0.29, 0.717) is 38.2 Å². The molecule has 0 amide bonds. The number of rotatable bonds is 4. The quantitative estimate of drug-likeness (QED) is 0.323. The number of benzene rings is 4. The number of halogens is 3. The van der Waals surface area contributed by atoms with Gasteiger partial charge >= 0.3 is 0 Å². The summed E-state index contributed by atoms with van der Waals surface area (Å²) in [5.74, 6) is -0.0867. The van der Waals surface area contributed by atoms with Crippen molar-refractivity contribution in [1.82, 2.24) is 0 Å². The van der Waals surface area contributed by atoms with E-state index < -0.39 is 5.82 Å². The molecule has 0 unspecified atom stereocenters. The summed E-state index contributed by atoms with van der Waals surface area (Å²) < 4.78 is 41.3. The zero-order valence-corrected chi connectivity index (χ0v) is 17.4. The Labute approximate surface area is 175 Å². The minimum atomic E-state index is -0.400. The minimum absolute atomic E-state index is 0.343. The van der Waals surface area contributed by atoms with Crippen LogP contribution in [0.3, 0.4) is 0 Å². The Morgan fingerprint density at radius 1 is 0.724 bits per heavy atom. The van der Waals surface area contributed by atoms with Crippen LogP contribution in [0.2, 0.25) is 0 Å². The van der Waals surface area contributed by atoms with Crippen LogP contribution in [-0.2, 0) is 0 Å². The average molecular weight is 455 g/mol. The second-order valence-electron chi connectivity index (χ2n) is 6.48. The van der Waals surface area contributed by atoms with E-state index in [4.69, 9.17) is 9.47 Å². The second-order valence-corrected chi connectivity index (χ2v) is 7.33. The van der Waals surface area contributed by atoms with Gasteiger partial charge < -0.3 is 9.47 Å². The summed E-state index contributed by atoms with van der Waals surface area (Å²) in [5, 5.41) is 1.63. The number of hydrogen-bond acceptors (Lipinski definition) is 2. The van der Waals surface area contributed by atoms with E-state index in [1.54, 1.807) is 36.4 Å². The molecule has 0 bridgehead atoms. The molecule has 146 valence electrons. The third-order valence-electron chi connectivity index (χ3n) is 4.90. The lowest BCUT2D eigenvalue weighted by Crippen LogP contribution is -1.99. The molecule has 2 nitrogen and oxygen atoms in total. The van der Waals surface area contributed by atoms with Crippen molar-refractivity contribution in [2.24, 2.45) is 0 Å². The van der Waals surface area contributed by atoms with Crippen LogP contribution in [0.15, 0.2) is 71.2 Å². The van der Waals surface area contributed by atoms with Crippen molar-refractivity contribution in [2.45, 2.75) is 0 Å². The van der Waals surface area contributed by atoms with Crippen LogP contribution in [0.5, 0.6) is 11.5 Å². The Morgan fingerprint density at radius 3 is 2.07 bits per heavy atom. The molecule has 0 saturated heterocycles. The highest BCUT2D eigenvalue weighted by molar-refractivity contribution is 9.10. The number of fused-ring (bicyclic) bond motifs is 1. The summed E-state index contributed by atoms with van der Waals surface area (Å²) in [6.45, 7) is 0. The van der Waals surface area contributed by atoms with Gasteiger partial charge in [-0.25, -0.2) is 8.78 Å². The largest absolute Gasteiger partial charge is 0.492 e. The molecular formula is C24H17BrF2O2. The summed E-state index contributed by atoms with van der Waals surface area (Å²) >= 11 is 3.31. The van der Waals surface area contributed by atoms with Crippen LogP contribution in [-0.4, -0.2) is 14.2 Å². The molecule has 4 aromatic carbocycles. The lowest BCUT2D eigenvalue weighted by atomic mass is 9.93. The molecule has 0 aliphatic rings. The van der Waals surface area contributed by atoms with Crippen molar-refractivity contribution < 1.29 is 18.3 Å². The molecule has 5 heteroatoms. The first-order valence-corrected chi connectivity index (χ1v) is 9.73. The Bertz CT molecular complexity index is 1220. The zero-order valence-electron chi connectivity index (χ0n) is 15.8. The van der Waals surface area contributed by atoms with E-state index in [1.807, 2.05) is 24.3 Å². The number of ether oxygens (including phenoxy) is 2. The van der Waals surface area contributed by atoms with Crippen molar-refractivity contribution >= 4 is 26.7 Å². The Morgan fingerprint density at radius 2 is 1.34 bits per heavy atom. The lowest BCUT2D eigenvalue weighted by molar-refractivity contribution is 0.357. The number of hydrogen-bond donors (Lipinski definition) is 0. The van der Waals surface area contributed by atoms with E-state index in [9.17, 15) is 4.39 Å².